The molecule has 164 valence electrons. The van der Waals surface area contributed by atoms with Gasteiger partial charge < -0.3 is 81.3 Å². The first-order chi connectivity index (χ1) is 10.9. The van der Waals surface area contributed by atoms with Gasteiger partial charge in [0.05, 0.1) is 35.8 Å². The van der Waals surface area contributed by atoms with Crippen LogP contribution in [0.4, 0.5) is 0 Å². The number of carbonyl (C=O) groups is 6. The van der Waals surface area contributed by atoms with Crippen LogP contribution in [-0.4, -0.2) is 276 Å². The molecular weight excluding hydrogens is 2060 g/mol. The number of carboxylic acids is 6. The van der Waals surface area contributed by atoms with Crippen molar-refractivity contribution in [3.63, 3.8) is 0 Å². The summed E-state index contributed by atoms with van der Waals surface area (Å²) in [5.41, 5.74) is 0. The number of aliphatic carboxylic acids is 6. The average Bonchev–Trinajstić information content (AvgIpc) is 2.42. The first-order valence-electron chi connectivity index (χ1n) is 5.18. The van der Waals surface area contributed by atoms with E-state index in [-0.39, 0.29) is 240 Å². The molecule has 0 bridgehead atoms. The molecule has 0 spiro atoms. The third kappa shape index (κ3) is 147. The molecule has 0 aliphatic heterocycles. The van der Waals surface area contributed by atoms with Gasteiger partial charge in [0, 0.05) is 0 Å². The summed E-state index contributed by atoms with van der Waals surface area (Å²) in [6.45, 7) is 0. The molecule has 0 aliphatic carbocycles. The Hall–Kier alpha value is 3.26. The summed E-state index contributed by atoms with van der Waals surface area (Å²) in [6, 6.07) is 0. The van der Waals surface area contributed by atoms with Crippen LogP contribution in [0.15, 0.2) is 36.5 Å². The van der Waals surface area contributed by atoms with E-state index in [9.17, 15) is 59.4 Å². The number of hydrogen-bond acceptors (Lipinski definition) is 16. The molecule has 36 heavy (non-hydrogen) atoms. The zero-order valence-electron chi connectivity index (χ0n) is 17.2. The smallest absolute Gasteiger partial charge is 0.870 e. The van der Waals surface area contributed by atoms with E-state index in [1.54, 1.807) is 0 Å². The molecule has 0 aromatic carbocycles. The normalized spacial score (nSPS) is 6.33. The predicted molar refractivity (Wildman–Crippen MR) is 111 cm³/mol. The third-order valence-corrected chi connectivity index (χ3v) is 1.07. The Morgan fingerprint density at radius 2 is 0.333 bits per heavy atom. The second-order valence-electron chi connectivity index (χ2n) is 2.91. The molecule has 0 saturated heterocycles. The first kappa shape index (κ1) is 97.6. The van der Waals surface area contributed by atoms with Crippen molar-refractivity contribution >= 4 is 254 Å². The minimum atomic E-state index is -1.55. The van der Waals surface area contributed by atoms with Crippen LogP contribution in [0.3, 0.4) is 0 Å². The van der Waals surface area contributed by atoms with Crippen LogP contribution in [0.2, 0.25) is 0 Å². The summed E-state index contributed by atoms with van der Waals surface area (Å²) in [4.78, 5) is 56.5. The molecule has 0 rings (SSSR count). The van der Waals surface area contributed by atoms with Crippen molar-refractivity contribution in [2.75, 3.05) is 0 Å². The molecule has 24 heteroatoms. The molecule has 0 fully saturated rings. The van der Waals surface area contributed by atoms with Gasteiger partial charge in [-0.15, -0.1) is 0 Å². The molecular formula is C12H10O16Pb8+22. The molecule has 0 heterocycles. The molecule has 0 unspecified atom stereocenters. The van der Waals surface area contributed by atoms with Crippen LogP contribution in [0.1, 0.15) is 0 Å². The van der Waals surface area contributed by atoms with Gasteiger partial charge in [0.25, 0.3) is 0 Å². The summed E-state index contributed by atoms with van der Waals surface area (Å²) in [5, 5.41) is 56.5. The Kier molecular flexibility index (Phi) is 194. The van der Waals surface area contributed by atoms with E-state index in [2.05, 4.69) is 0 Å². The van der Waals surface area contributed by atoms with Gasteiger partial charge in [-0.2, -0.15) is 0 Å². The molecule has 16 nitrogen and oxygen atoms in total. The van der Waals surface area contributed by atoms with E-state index >= 15 is 0 Å². The Bertz CT molecular complexity index is 469. The third-order valence-electron chi connectivity index (χ3n) is 1.07. The summed E-state index contributed by atoms with van der Waals surface area (Å²) in [7, 11) is 0. The zero-order valence-corrected chi connectivity index (χ0v) is 48.3. The van der Waals surface area contributed by atoms with Crippen molar-refractivity contribution in [1.82, 2.24) is 0 Å². The molecule has 4 N–H and O–H groups in total. The quantitative estimate of drug-likeness (QED) is 0.176. The summed E-state index contributed by atoms with van der Waals surface area (Å²) in [6.07, 6.45) is 2.31. The minimum Gasteiger partial charge on any atom is -0.870 e. The Balaban J connectivity index is -0.0000000121. The van der Waals surface area contributed by atoms with E-state index in [1.165, 1.54) is 0 Å². The van der Waals surface area contributed by atoms with Crippen molar-refractivity contribution in [2.24, 2.45) is 0 Å². The first-order valence-corrected chi connectivity index (χ1v) is 5.18. The number of carbonyl (C=O) groups excluding carboxylic acids is 6. The van der Waals surface area contributed by atoms with Crippen molar-refractivity contribution in [1.29, 1.82) is 0 Å². The minimum absolute atomic E-state index is 0. The second kappa shape index (κ2) is 71.5. The van der Waals surface area contributed by atoms with Gasteiger partial charge >= 0.3 is 218 Å². The zero-order chi connectivity index (χ0) is 19.7. The van der Waals surface area contributed by atoms with Crippen molar-refractivity contribution in [2.45, 2.75) is 0 Å². The molecule has 0 saturated carbocycles. The Morgan fingerprint density at radius 1 is 0.278 bits per heavy atom. The van der Waals surface area contributed by atoms with Gasteiger partial charge in [-0.1, -0.05) is 0 Å². The summed E-state index contributed by atoms with van der Waals surface area (Å²) in [5.74, 6) is -9.28. The molecule has 0 aromatic heterocycles. The molecule has 0 aromatic rings. The summed E-state index contributed by atoms with van der Waals surface area (Å²) >= 11 is 0. The fourth-order valence-electron chi connectivity index (χ4n) is 0.408. The topological polar surface area (TPSA) is 361 Å². The number of hydrogen-bond donors (Lipinski definition) is 0. The van der Waals surface area contributed by atoms with Crippen LogP contribution in [0.25, 0.3) is 0 Å². The summed E-state index contributed by atoms with van der Waals surface area (Å²) < 4.78 is 0. The van der Waals surface area contributed by atoms with Crippen molar-refractivity contribution in [3.8, 4) is 0 Å². The SMILES string of the molecule is O=C([O-])/C=C\C(=O)[O-].O=C([O-])/C=C\C(=O)[O-].O=C([O-])/C=C\C(=O)[O-].[OH-].[OH-].[OH-].[OH-].[Pb+4].[Pb+4].[Pb+4].[Pb+4].[Pb+4].[Pb+4].[Pb+4].[Pb+4]. The average molecular weight is 2070 g/mol. The number of carboxylic acid groups (broad SMARTS) is 6. The van der Waals surface area contributed by atoms with Gasteiger partial charge in [-0.3, -0.25) is 0 Å². The van der Waals surface area contributed by atoms with E-state index in [0.29, 0.717) is 36.5 Å². The largest absolute Gasteiger partial charge is 4.00 e. The molecule has 0 atom stereocenters. The van der Waals surface area contributed by atoms with Crippen LogP contribution < -0.4 is 30.6 Å². The van der Waals surface area contributed by atoms with Crippen LogP contribution in [0.5, 0.6) is 0 Å². The number of rotatable bonds is 6. The van der Waals surface area contributed by atoms with Gasteiger partial charge in [0.15, 0.2) is 0 Å². The van der Waals surface area contributed by atoms with Crippen molar-refractivity contribution < 1.29 is 81.3 Å². The molecule has 0 amide bonds. The Labute approximate surface area is 365 Å². The molecule has 0 radical (unpaired) electrons. The van der Waals surface area contributed by atoms with E-state index < -0.39 is 35.8 Å². The van der Waals surface area contributed by atoms with E-state index in [1.807, 2.05) is 0 Å². The maximum absolute atomic E-state index is 9.41. The molecule has 0 aliphatic rings. The van der Waals surface area contributed by atoms with Gasteiger partial charge in [0.2, 0.25) is 0 Å². The van der Waals surface area contributed by atoms with Crippen LogP contribution in [-0.2, 0) is 28.8 Å². The second-order valence-corrected chi connectivity index (χ2v) is 2.91. The standard InChI is InChI=1S/3C4H4O4.4H2O.8Pb/c3*5-3(6)1-2-4(7)8;;;;;;;;;;;;/h3*1-2H,(H,5,6)(H,7,8);4*1H2;;;;;;;;/q;;;;;;;8*+4/p-10/b3*2-1-;;;;;;;;;;;;. The maximum atomic E-state index is 9.41. The van der Waals surface area contributed by atoms with E-state index in [4.69, 9.17) is 0 Å². The fourth-order valence-corrected chi connectivity index (χ4v) is 0.408. The monoisotopic (exact) mass is 2070 g/mol. The van der Waals surface area contributed by atoms with Crippen LogP contribution >= 0.6 is 0 Å². The van der Waals surface area contributed by atoms with Crippen LogP contribution in [0, 0.1) is 0 Å². The maximum Gasteiger partial charge on any atom is 4.00 e. The fraction of sp³-hybridized carbons (Fsp3) is 0. The van der Waals surface area contributed by atoms with Crippen molar-refractivity contribution in [3.05, 3.63) is 36.5 Å². The van der Waals surface area contributed by atoms with Gasteiger partial charge in [-0.25, -0.2) is 0 Å². The predicted octanol–water partition coefficient (Wildman–Crippen LogP) is -12.6. The Morgan fingerprint density at radius 3 is 0.361 bits per heavy atom. The van der Waals surface area contributed by atoms with Gasteiger partial charge in [-0.05, 0) is 36.5 Å². The van der Waals surface area contributed by atoms with Gasteiger partial charge in [0.1, 0.15) is 0 Å². The van der Waals surface area contributed by atoms with E-state index in [0.717, 1.165) is 0 Å².